The summed E-state index contributed by atoms with van der Waals surface area (Å²) < 4.78 is 0. The zero-order chi connectivity index (χ0) is 10.1. The van der Waals surface area contributed by atoms with Crippen molar-refractivity contribution >= 4 is 10.9 Å². The van der Waals surface area contributed by atoms with Crippen LogP contribution in [0.4, 0.5) is 0 Å². The molecule has 2 nitrogen and oxygen atoms in total. The Labute approximate surface area is 84.5 Å². The standard InChI is InChI=1S/C12H16N2/c1-9-11(8-14(2)3)10-6-4-5-7-12(10)13-9/h4-7,13H,8H2,1-3H3. The monoisotopic (exact) mass is 188 g/mol. The van der Waals surface area contributed by atoms with Gasteiger partial charge in [-0.2, -0.15) is 0 Å². The van der Waals surface area contributed by atoms with E-state index in [1.807, 2.05) is 0 Å². The summed E-state index contributed by atoms with van der Waals surface area (Å²) in [6.45, 7) is 3.13. The quantitative estimate of drug-likeness (QED) is 0.767. The average molecular weight is 188 g/mol. The summed E-state index contributed by atoms with van der Waals surface area (Å²) in [5.41, 5.74) is 3.92. The number of rotatable bonds is 2. The molecule has 0 saturated heterocycles. The van der Waals surface area contributed by atoms with Crippen LogP contribution in [0.5, 0.6) is 0 Å². The van der Waals surface area contributed by atoms with Crippen LogP contribution in [0.15, 0.2) is 24.3 Å². The van der Waals surface area contributed by atoms with Crippen molar-refractivity contribution in [1.82, 2.24) is 9.88 Å². The highest BCUT2D eigenvalue weighted by molar-refractivity contribution is 5.84. The van der Waals surface area contributed by atoms with Crippen molar-refractivity contribution < 1.29 is 0 Å². The van der Waals surface area contributed by atoms with E-state index in [4.69, 9.17) is 0 Å². The minimum atomic E-state index is 0.996. The van der Waals surface area contributed by atoms with Crippen LogP contribution in [0, 0.1) is 6.92 Å². The number of fused-ring (bicyclic) bond motifs is 1. The number of benzene rings is 1. The van der Waals surface area contributed by atoms with E-state index in [0.29, 0.717) is 0 Å². The third kappa shape index (κ3) is 1.53. The van der Waals surface area contributed by atoms with Crippen molar-refractivity contribution in [2.24, 2.45) is 0 Å². The Bertz CT molecular complexity index is 441. The molecule has 0 aliphatic heterocycles. The molecule has 2 aromatic rings. The fraction of sp³-hybridized carbons (Fsp3) is 0.333. The van der Waals surface area contributed by atoms with Gasteiger partial charge in [-0.05, 0) is 32.6 Å². The Morgan fingerprint density at radius 3 is 2.64 bits per heavy atom. The molecule has 0 spiro atoms. The number of hydrogen-bond donors (Lipinski definition) is 1. The van der Waals surface area contributed by atoms with E-state index in [1.165, 1.54) is 22.2 Å². The number of nitrogens with one attached hydrogen (secondary N) is 1. The van der Waals surface area contributed by atoms with Gasteiger partial charge in [0.1, 0.15) is 0 Å². The molecule has 0 saturated carbocycles. The summed E-state index contributed by atoms with van der Waals surface area (Å²) in [7, 11) is 4.20. The minimum absolute atomic E-state index is 0.996. The van der Waals surface area contributed by atoms with Crippen molar-refractivity contribution in [2.75, 3.05) is 14.1 Å². The molecule has 0 fully saturated rings. The van der Waals surface area contributed by atoms with Crippen LogP contribution in [0.2, 0.25) is 0 Å². The smallest absolute Gasteiger partial charge is 0.0459 e. The van der Waals surface area contributed by atoms with Gasteiger partial charge in [0.2, 0.25) is 0 Å². The van der Waals surface area contributed by atoms with Crippen LogP contribution >= 0.6 is 0 Å². The number of aromatic amines is 1. The summed E-state index contributed by atoms with van der Waals surface area (Å²) in [5, 5.41) is 1.35. The topological polar surface area (TPSA) is 19.0 Å². The Balaban J connectivity index is 2.56. The van der Waals surface area contributed by atoms with Gasteiger partial charge in [-0.25, -0.2) is 0 Å². The third-order valence-electron chi connectivity index (χ3n) is 2.50. The van der Waals surface area contributed by atoms with Gasteiger partial charge in [0.05, 0.1) is 0 Å². The lowest BCUT2D eigenvalue weighted by molar-refractivity contribution is 0.403. The Morgan fingerprint density at radius 1 is 1.21 bits per heavy atom. The summed E-state index contributed by atoms with van der Waals surface area (Å²) in [6, 6.07) is 8.46. The first-order chi connectivity index (χ1) is 6.68. The highest BCUT2D eigenvalue weighted by Gasteiger charge is 2.07. The summed E-state index contributed by atoms with van der Waals surface area (Å²) in [5.74, 6) is 0. The van der Waals surface area contributed by atoms with Gasteiger partial charge >= 0.3 is 0 Å². The van der Waals surface area contributed by atoms with Crippen molar-refractivity contribution in [3.63, 3.8) is 0 Å². The number of nitrogens with zero attached hydrogens (tertiary/aromatic N) is 1. The van der Waals surface area contributed by atoms with Crippen LogP contribution in [-0.2, 0) is 6.54 Å². The molecule has 1 aromatic heterocycles. The molecule has 1 N–H and O–H groups in total. The zero-order valence-electron chi connectivity index (χ0n) is 8.96. The molecule has 1 aromatic carbocycles. The molecule has 0 radical (unpaired) electrons. The number of aromatic nitrogens is 1. The van der Waals surface area contributed by atoms with E-state index in [-0.39, 0.29) is 0 Å². The van der Waals surface area contributed by atoms with E-state index in [1.54, 1.807) is 0 Å². The first-order valence-corrected chi connectivity index (χ1v) is 4.89. The average Bonchev–Trinajstić information content (AvgIpc) is 2.43. The Kier molecular flexibility index (Phi) is 2.30. The van der Waals surface area contributed by atoms with Gasteiger partial charge in [-0.1, -0.05) is 18.2 Å². The number of para-hydroxylation sites is 1. The maximum absolute atomic E-state index is 3.41. The Morgan fingerprint density at radius 2 is 1.93 bits per heavy atom. The molecule has 1 heterocycles. The molecule has 0 unspecified atom stereocenters. The van der Waals surface area contributed by atoms with Gasteiger partial charge in [-0.15, -0.1) is 0 Å². The molecule has 0 amide bonds. The number of H-pyrrole nitrogens is 1. The molecule has 0 bridgehead atoms. The largest absolute Gasteiger partial charge is 0.358 e. The molecule has 0 aliphatic carbocycles. The van der Waals surface area contributed by atoms with E-state index >= 15 is 0 Å². The van der Waals surface area contributed by atoms with E-state index in [9.17, 15) is 0 Å². The van der Waals surface area contributed by atoms with Crippen LogP contribution in [-0.4, -0.2) is 24.0 Å². The molecular formula is C12H16N2. The van der Waals surface area contributed by atoms with Crippen molar-refractivity contribution in [3.05, 3.63) is 35.5 Å². The normalized spacial score (nSPS) is 11.4. The zero-order valence-corrected chi connectivity index (χ0v) is 8.96. The Hall–Kier alpha value is -1.28. The fourth-order valence-electron chi connectivity index (χ4n) is 1.85. The van der Waals surface area contributed by atoms with Gasteiger partial charge in [0, 0.05) is 23.1 Å². The maximum Gasteiger partial charge on any atom is 0.0459 e. The van der Waals surface area contributed by atoms with Gasteiger partial charge in [0.25, 0.3) is 0 Å². The molecule has 0 atom stereocenters. The van der Waals surface area contributed by atoms with Crippen molar-refractivity contribution in [3.8, 4) is 0 Å². The van der Waals surface area contributed by atoms with Crippen LogP contribution in [0.1, 0.15) is 11.3 Å². The summed E-state index contributed by atoms with van der Waals surface area (Å²) in [4.78, 5) is 5.60. The first kappa shape index (κ1) is 9.28. The molecular weight excluding hydrogens is 172 g/mol. The summed E-state index contributed by atoms with van der Waals surface area (Å²) >= 11 is 0. The van der Waals surface area contributed by atoms with E-state index in [2.05, 4.69) is 55.2 Å². The van der Waals surface area contributed by atoms with Crippen LogP contribution in [0.25, 0.3) is 10.9 Å². The molecule has 2 heteroatoms. The maximum atomic E-state index is 3.41. The third-order valence-corrected chi connectivity index (χ3v) is 2.50. The summed E-state index contributed by atoms with van der Waals surface area (Å²) in [6.07, 6.45) is 0. The van der Waals surface area contributed by atoms with E-state index < -0.39 is 0 Å². The minimum Gasteiger partial charge on any atom is -0.358 e. The highest BCUT2D eigenvalue weighted by Crippen LogP contribution is 2.22. The molecule has 0 aliphatic rings. The van der Waals surface area contributed by atoms with Crippen molar-refractivity contribution in [2.45, 2.75) is 13.5 Å². The predicted molar refractivity (Wildman–Crippen MR) is 60.4 cm³/mol. The second-order valence-electron chi connectivity index (χ2n) is 4.01. The second-order valence-corrected chi connectivity index (χ2v) is 4.01. The second kappa shape index (κ2) is 3.46. The van der Waals surface area contributed by atoms with Crippen LogP contribution < -0.4 is 0 Å². The SMILES string of the molecule is Cc1[nH]c2ccccc2c1CN(C)C. The van der Waals surface area contributed by atoms with Crippen molar-refractivity contribution in [1.29, 1.82) is 0 Å². The molecule has 2 rings (SSSR count). The number of aryl methyl sites for hydroxylation is 1. The molecule has 74 valence electrons. The van der Waals surface area contributed by atoms with Gasteiger partial charge in [-0.3, -0.25) is 0 Å². The van der Waals surface area contributed by atoms with Gasteiger partial charge < -0.3 is 9.88 Å². The lowest BCUT2D eigenvalue weighted by Crippen LogP contribution is -2.11. The lowest BCUT2D eigenvalue weighted by atomic mass is 10.1. The molecule has 14 heavy (non-hydrogen) atoms. The van der Waals surface area contributed by atoms with E-state index in [0.717, 1.165) is 6.54 Å². The number of hydrogen-bond acceptors (Lipinski definition) is 1. The first-order valence-electron chi connectivity index (χ1n) is 4.89. The predicted octanol–water partition coefficient (Wildman–Crippen LogP) is 2.54. The lowest BCUT2D eigenvalue weighted by Gasteiger charge is -2.09. The van der Waals surface area contributed by atoms with Gasteiger partial charge in [0.15, 0.2) is 0 Å². The highest BCUT2D eigenvalue weighted by atomic mass is 15.1. The fourth-order valence-corrected chi connectivity index (χ4v) is 1.85. The van der Waals surface area contributed by atoms with Crippen LogP contribution in [0.3, 0.4) is 0 Å².